The zero-order chi connectivity index (χ0) is 11.3. The van der Waals surface area contributed by atoms with Crippen molar-refractivity contribution in [1.82, 2.24) is 0 Å². The quantitative estimate of drug-likeness (QED) is 0.696. The first-order chi connectivity index (χ1) is 7.11. The summed E-state index contributed by atoms with van der Waals surface area (Å²) >= 11 is 3.54. The van der Waals surface area contributed by atoms with E-state index in [9.17, 15) is 4.39 Å². The van der Waals surface area contributed by atoms with Crippen LogP contribution < -0.4 is 0 Å². The topological polar surface area (TPSA) is 0 Å². The Hall–Kier alpha value is -0.370. The molecular formula is C13H18BrF. The van der Waals surface area contributed by atoms with Crippen molar-refractivity contribution in [2.75, 3.05) is 5.33 Å². The molecule has 1 atom stereocenters. The molecule has 0 aliphatic carbocycles. The first-order valence-corrected chi connectivity index (χ1v) is 6.54. The van der Waals surface area contributed by atoms with Gasteiger partial charge in [-0.1, -0.05) is 41.9 Å². The second-order valence-corrected chi connectivity index (χ2v) is 5.13. The van der Waals surface area contributed by atoms with Gasteiger partial charge in [0.2, 0.25) is 0 Å². The number of halogens is 2. The highest BCUT2D eigenvalue weighted by molar-refractivity contribution is 9.09. The average Bonchev–Trinajstić information content (AvgIpc) is 2.19. The standard InChI is InChI=1S/C13H18BrF/c1-10(2)7-12(9-14)8-11-3-5-13(15)6-4-11/h3-6,10,12H,7-9H2,1-2H3. The molecule has 0 fully saturated rings. The van der Waals surface area contributed by atoms with Gasteiger partial charge >= 0.3 is 0 Å². The van der Waals surface area contributed by atoms with Crippen LogP contribution in [0, 0.1) is 17.7 Å². The second-order valence-electron chi connectivity index (χ2n) is 4.48. The van der Waals surface area contributed by atoms with Crippen molar-refractivity contribution < 1.29 is 4.39 Å². The molecule has 0 heterocycles. The molecule has 2 heteroatoms. The van der Waals surface area contributed by atoms with Gasteiger partial charge in [0, 0.05) is 5.33 Å². The van der Waals surface area contributed by atoms with E-state index in [1.165, 1.54) is 24.1 Å². The molecule has 0 N–H and O–H groups in total. The van der Waals surface area contributed by atoms with Crippen LogP contribution in [0.15, 0.2) is 24.3 Å². The Bertz CT molecular complexity index is 279. The highest BCUT2D eigenvalue weighted by atomic mass is 79.9. The Labute approximate surface area is 100 Å². The molecule has 1 unspecified atom stereocenters. The van der Waals surface area contributed by atoms with Gasteiger partial charge in [-0.05, 0) is 42.4 Å². The third-order valence-corrected chi connectivity index (χ3v) is 3.38. The molecule has 0 aliphatic rings. The SMILES string of the molecule is CC(C)CC(CBr)Cc1ccc(F)cc1. The summed E-state index contributed by atoms with van der Waals surface area (Å²) in [5.74, 6) is 1.21. The van der Waals surface area contributed by atoms with Crippen LogP contribution in [0.4, 0.5) is 4.39 Å². The monoisotopic (exact) mass is 272 g/mol. The van der Waals surface area contributed by atoms with Gasteiger partial charge in [-0.25, -0.2) is 4.39 Å². The highest BCUT2D eigenvalue weighted by Crippen LogP contribution is 2.19. The molecule has 15 heavy (non-hydrogen) atoms. The Morgan fingerprint density at radius 1 is 1.20 bits per heavy atom. The summed E-state index contributed by atoms with van der Waals surface area (Å²) in [6.45, 7) is 4.47. The maximum absolute atomic E-state index is 12.7. The minimum atomic E-state index is -0.155. The van der Waals surface area contributed by atoms with Crippen LogP contribution >= 0.6 is 15.9 Å². The van der Waals surface area contributed by atoms with Crippen molar-refractivity contribution in [3.8, 4) is 0 Å². The van der Waals surface area contributed by atoms with Crippen molar-refractivity contribution in [1.29, 1.82) is 0 Å². The third-order valence-electron chi connectivity index (χ3n) is 2.46. The molecule has 0 aliphatic heterocycles. The Morgan fingerprint density at radius 3 is 2.27 bits per heavy atom. The first-order valence-electron chi connectivity index (χ1n) is 5.42. The largest absolute Gasteiger partial charge is 0.207 e. The molecule has 0 nitrogen and oxygen atoms in total. The summed E-state index contributed by atoms with van der Waals surface area (Å²) in [5.41, 5.74) is 1.22. The second kappa shape index (κ2) is 6.26. The summed E-state index contributed by atoms with van der Waals surface area (Å²) in [7, 11) is 0. The summed E-state index contributed by atoms with van der Waals surface area (Å²) < 4.78 is 12.7. The van der Waals surface area contributed by atoms with E-state index in [1.54, 1.807) is 0 Å². The fourth-order valence-corrected chi connectivity index (χ4v) is 2.31. The van der Waals surface area contributed by atoms with Crippen molar-refractivity contribution in [2.24, 2.45) is 11.8 Å². The van der Waals surface area contributed by atoms with E-state index in [0.717, 1.165) is 11.8 Å². The summed E-state index contributed by atoms with van der Waals surface area (Å²) in [6.07, 6.45) is 2.24. The summed E-state index contributed by atoms with van der Waals surface area (Å²) in [5, 5.41) is 1.02. The van der Waals surface area contributed by atoms with E-state index < -0.39 is 0 Å². The van der Waals surface area contributed by atoms with Gasteiger partial charge < -0.3 is 0 Å². The third kappa shape index (κ3) is 4.78. The number of hydrogen-bond donors (Lipinski definition) is 0. The van der Waals surface area contributed by atoms with Gasteiger partial charge in [-0.3, -0.25) is 0 Å². The van der Waals surface area contributed by atoms with E-state index in [-0.39, 0.29) is 5.82 Å². The van der Waals surface area contributed by atoms with E-state index in [2.05, 4.69) is 29.8 Å². The smallest absolute Gasteiger partial charge is 0.123 e. The molecule has 0 radical (unpaired) electrons. The molecule has 0 bridgehead atoms. The average molecular weight is 273 g/mol. The maximum atomic E-state index is 12.7. The fourth-order valence-electron chi connectivity index (χ4n) is 1.82. The Balaban J connectivity index is 2.54. The number of alkyl halides is 1. The molecule has 84 valence electrons. The van der Waals surface area contributed by atoms with E-state index in [1.807, 2.05) is 12.1 Å². The molecule has 0 saturated carbocycles. The highest BCUT2D eigenvalue weighted by Gasteiger charge is 2.10. The predicted octanol–water partition coefficient (Wildman–Crippen LogP) is 4.43. The summed E-state index contributed by atoms with van der Waals surface area (Å²) in [4.78, 5) is 0. The molecule has 1 rings (SSSR count). The van der Waals surface area contributed by atoms with Gasteiger partial charge in [0.1, 0.15) is 5.82 Å². The van der Waals surface area contributed by atoms with Crippen LogP contribution in [0.3, 0.4) is 0 Å². The minimum Gasteiger partial charge on any atom is -0.207 e. The number of hydrogen-bond acceptors (Lipinski definition) is 0. The first kappa shape index (κ1) is 12.7. The molecule has 0 spiro atoms. The Kier molecular flexibility index (Phi) is 5.30. The van der Waals surface area contributed by atoms with Crippen LogP contribution in [0.2, 0.25) is 0 Å². The normalized spacial score (nSPS) is 13.1. The van der Waals surface area contributed by atoms with Crippen LogP contribution in [-0.2, 0) is 6.42 Å². The lowest BCUT2D eigenvalue weighted by molar-refractivity contribution is 0.445. The lowest BCUT2D eigenvalue weighted by atomic mass is 9.93. The molecule has 0 amide bonds. The van der Waals surface area contributed by atoms with E-state index in [4.69, 9.17) is 0 Å². The zero-order valence-corrected chi connectivity index (χ0v) is 10.9. The lowest BCUT2D eigenvalue weighted by Gasteiger charge is -2.16. The number of rotatable bonds is 5. The van der Waals surface area contributed by atoms with E-state index in [0.29, 0.717) is 11.8 Å². The van der Waals surface area contributed by atoms with Gasteiger partial charge in [0.05, 0.1) is 0 Å². The minimum absolute atomic E-state index is 0.155. The predicted molar refractivity (Wildman–Crippen MR) is 66.8 cm³/mol. The van der Waals surface area contributed by atoms with Crippen LogP contribution in [-0.4, -0.2) is 5.33 Å². The Morgan fingerprint density at radius 2 is 1.80 bits per heavy atom. The van der Waals surface area contributed by atoms with Gasteiger partial charge in [-0.2, -0.15) is 0 Å². The van der Waals surface area contributed by atoms with Crippen molar-refractivity contribution in [3.63, 3.8) is 0 Å². The van der Waals surface area contributed by atoms with Crippen LogP contribution in [0.1, 0.15) is 25.8 Å². The van der Waals surface area contributed by atoms with Gasteiger partial charge in [-0.15, -0.1) is 0 Å². The van der Waals surface area contributed by atoms with Crippen molar-refractivity contribution >= 4 is 15.9 Å². The molecule has 0 saturated heterocycles. The molecule has 0 aromatic heterocycles. The van der Waals surface area contributed by atoms with Crippen LogP contribution in [0.25, 0.3) is 0 Å². The van der Waals surface area contributed by atoms with Crippen LogP contribution in [0.5, 0.6) is 0 Å². The van der Waals surface area contributed by atoms with E-state index >= 15 is 0 Å². The molecule has 1 aromatic carbocycles. The van der Waals surface area contributed by atoms with Crippen molar-refractivity contribution in [3.05, 3.63) is 35.6 Å². The number of benzene rings is 1. The van der Waals surface area contributed by atoms with Crippen molar-refractivity contribution in [2.45, 2.75) is 26.7 Å². The van der Waals surface area contributed by atoms with Gasteiger partial charge in [0.25, 0.3) is 0 Å². The zero-order valence-electron chi connectivity index (χ0n) is 9.34. The maximum Gasteiger partial charge on any atom is 0.123 e. The van der Waals surface area contributed by atoms with Gasteiger partial charge in [0.15, 0.2) is 0 Å². The molecule has 1 aromatic rings. The summed E-state index contributed by atoms with van der Waals surface area (Å²) in [6, 6.07) is 6.84. The fraction of sp³-hybridized carbons (Fsp3) is 0.538. The lowest BCUT2D eigenvalue weighted by Crippen LogP contribution is -2.09. The molecular weight excluding hydrogens is 255 g/mol.